The minimum absolute atomic E-state index is 0.452. The minimum Gasteiger partial charge on any atom is -0.480 e. The van der Waals surface area contributed by atoms with E-state index in [1.807, 2.05) is 14.1 Å². The van der Waals surface area contributed by atoms with Gasteiger partial charge < -0.3 is 20.1 Å². The van der Waals surface area contributed by atoms with Crippen molar-refractivity contribution in [2.24, 2.45) is 0 Å². The van der Waals surface area contributed by atoms with E-state index in [1.54, 1.807) is 14.0 Å². The average molecular weight is 246 g/mol. The standard InChI is InChI=1S/C12H26N2O3/c1-12(11(15)16,7-10-17-4)13-8-5-6-9-14(2)3/h13H,5-10H2,1-4H3,(H,15,16). The number of carboxylic acids is 1. The molecule has 0 aliphatic heterocycles. The van der Waals surface area contributed by atoms with Crippen LogP contribution in [0.3, 0.4) is 0 Å². The van der Waals surface area contributed by atoms with Crippen molar-refractivity contribution in [2.75, 3.05) is 40.9 Å². The van der Waals surface area contributed by atoms with Gasteiger partial charge >= 0.3 is 5.97 Å². The second kappa shape index (κ2) is 8.44. The van der Waals surface area contributed by atoms with E-state index in [4.69, 9.17) is 4.74 Å². The summed E-state index contributed by atoms with van der Waals surface area (Å²) >= 11 is 0. The van der Waals surface area contributed by atoms with Gasteiger partial charge in [0.2, 0.25) is 0 Å². The van der Waals surface area contributed by atoms with Crippen LogP contribution in [-0.4, -0.2) is 62.4 Å². The predicted molar refractivity (Wildman–Crippen MR) is 68.3 cm³/mol. The largest absolute Gasteiger partial charge is 0.480 e. The third-order valence-corrected chi connectivity index (χ3v) is 2.83. The summed E-state index contributed by atoms with van der Waals surface area (Å²) in [6.45, 7) is 3.91. The number of hydrogen-bond donors (Lipinski definition) is 2. The van der Waals surface area contributed by atoms with Crippen molar-refractivity contribution in [3.63, 3.8) is 0 Å². The Morgan fingerprint density at radius 1 is 1.41 bits per heavy atom. The summed E-state index contributed by atoms with van der Waals surface area (Å²) in [6, 6.07) is 0. The Morgan fingerprint density at radius 2 is 2.06 bits per heavy atom. The van der Waals surface area contributed by atoms with Crippen molar-refractivity contribution in [2.45, 2.75) is 31.7 Å². The molecule has 5 heteroatoms. The van der Waals surface area contributed by atoms with Gasteiger partial charge in [0.1, 0.15) is 5.54 Å². The molecule has 2 N–H and O–H groups in total. The fourth-order valence-corrected chi connectivity index (χ4v) is 1.49. The van der Waals surface area contributed by atoms with Gasteiger partial charge in [0.25, 0.3) is 0 Å². The van der Waals surface area contributed by atoms with Crippen LogP contribution in [0.4, 0.5) is 0 Å². The SMILES string of the molecule is COCCC(C)(NCCCCN(C)C)C(=O)O. The zero-order valence-corrected chi connectivity index (χ0v) is 11.5. The molecule has 0 aromatic heterocycles. The van der Waals surface area contributed by atoms with Crippen LogP contribution in [0.5, 0.6) is 0 Å². The van der Waals surface area contributed by atoms with Crippen molar-refractivity contribution >= 4 is 5.97 Å². The van der Waals surface area contributed by atoms with Crippen LogP contribution in [0.2, 0.25) is 0 Å². The van der Waals surface area contributed by atoms with Gasteiger partial charge in [0, 0.05) is 13.7 Å². The van der Waals surface area contributed by atoms with E-state index in [-0.39, 0.29) is 0 Å². The maximum absolute atomic E-state index is 11.2. The molecule has 0 aromatic carbocycles. The Bertz CT molecular complexity index is 222. The lowest BCUT2D eigenvalue weighted by Gasteiger charge is -2.26. The number of methoxy groups -OCH3 is 1. The summed E-state index contributed by atoms with van der Waals surface area (Å²) in [7, 11) is 5.65. The third-order valence-electron chi connectivity index (χ3n) is 2.83. The number of nitrogens with zero attached hydrogens (tertiary/aromatic N) is 1. The predicted octanol–water partition coefficient (Wildman–Crippen LogP) is 0.798. The van der Waals surface area contributed by atoms with Crippen LogP contribution in [0.25, 0.3) is 0 Å². The van der Waals surface area contributed by atoms with E-state index in [1.165, 1.54) is 0 Å². The van der Waals surface area contributed by atoms with Crippen LogP contribution in [-0.2, 0) is 9.53 Å². The summed E-state index contributed by atoms with van der Waals surface area (Å²) in [5.74, 6) is -0.817. The summed E-state index contributed by atoms with van der Waals surface area (Å²) in [4.78, 5) is 13.3. The molecule has 0 aliphatic rings. The first-order chi connectivity index (χ1) is 7.92. The molecular formula is C12H26N2O3. The summed E-state index contributed by atoms with van der Waals surface area (Å²) in [5, 5.41) is 12.3. The molecule has 1 atom stereocenters. The average Bonchev–Trinajstić information content (AvgIpc) is 2.25. The van der Waals surface area contributed by atoms with E-state index in [0.29, 0.717) is 13.0 Å². The Labute approximate surface area is 104 Å². The van der Waals surface area contributed by atoms with Crippen molar-refractivity contribution in [1.29, 1.82) is 0 Å². The van der Waals surface area contributed by atoms with E-state index in [9.17, 15) is 9.90 Å². The molecule has 0 bridgehead atoms. The van der Waals surface area contributed by atoms with E-state index >= 15 is 0 Å². The minimum atomic E-state index is -0.881. The highest BCUT2D eigenvalue weighted by Crippen LogP contribution is 2.10. The number of nitrogens with one attached hydrogen (secondary N) is 1. The lowest BCUT2D eigenvalue weighted by molar-refractivity contribution is -0.145. The summed E-state index contributed by atoms with van der Waals surface area (Å²) in [5.41, 5.74) is -0.881. The number of ether oxygens (including phenoxy) is 1. The lowest BCUT2D eigenvalue weighted by Crippen LogP contribution is -2.50. The molecule has 0 fully saturated rings. The van der Waals surface area contributed by atoms with Gasteiger partial charge in [-0.25, -0.2) is 0 Å². The topological polar surface area (TPSA) is 61.8 Å². The van der Waals surface area contributed by atoms with E-state index < -0.39 is 11.5 Å². The van der Waals surface area contributed by atoms with Crippen LogP contribution in [0, 0.1) is 0 Å². The zero-order chi connectivity index (χ0) is 13.3. The maximum atomic E-state index is 11.2. The molecule has 0 saturated heterocycles. The molecule has 0 aromatic rings. The number of hydrogen-bond acceptors (Lipinski definition) is 4. The molecule has 1 unspecified atom stereocenters. The maximum Gasteiger partial charge on any atom is 0.323 e. The molecule has 102 valence electrons. The zero-order valence-electron chi connectivity index (χ0n) is 11.5. The molecule has 0 aliphatic carbocycles. The summed E-state index contributed by atoms with van der Waals surface area (Å²) < 4.78 is 4.94. The van der Waals surface area contributed by atoms with Gasteiger partial charge in [-0.3, -0.25) is 4.79 Å². The van der Waals surface area contributed by atoms with Crippen molar-refractivity contribution in [3.05, 3.63) is 0 Å². The second-order valence-electron chi connectivity index (χ2n) is 4.82. The van der Waals surface area contributed by atoms with Gasteiger partial charge in [0.15, 0.2) is 0 Å². The molecular weight excluding hydrogens is 220 g/mol. The van der Waals surface area contributed by atoms with Gasteiger partial charge in [-0.2, -0.15) is 0 Å². The Hall–Kier alpha value is -0.650. The molecule has 17 heavy (non-hydrogen) atoms. The molecule has 0 spiro atoms. The highest BCUT2D eigenvalue weighted by atomic mass is 16.5. The lowest BCUT2D eigenvalue weighted by atomic mass is 9.98. The van der Waals surface area contributed by atoms with Gasteiger partial charge in [-0.05, 0) is 53.4 Å². The quantitative estimate of drug-likeness (QED) is 0.558. The number of rotatable bonds is 10. The molecule has 0 rings (SSSR count). The Morgan fingerprint density at radius 3 is 2.53 bits per heavy atom. The first kappa shape index (κ1) is 16.4. The summed E-state index contributed by atoms with van der Waals surface area (Å²) in [6.07, 6.45) is 2.53. The number of carboxylic acid groups (broad SMARTS) is 1. The fraction of sp³-hybridized carbons (Fsp3) is 0.917. The molecule has 0 amide bonds. The molecule has 0 saturated carbocycles. The molecule has 0 heterocycles. The van der Waals surface area contributed by atoms with E-state index in [0.717, 1.165) is 25.9 Å². The van der Waals surface area contributed by atoms with E-state index in [2.05, 4.69) is 10.2 Å². The number of unbranched alkanes of at least 4 members (excludes halogenated alkanes) is 1. The highest BCUT2D eigenvalue weighted by molar-refractivity contribution is 5.78. The van der Waals surface area contributed by atoms with Crippen LogP contribution >= 0.6 is 0 Å². The fourth-order valence-electron chi connectivity index (χ4n) is 1.49. The van der Waals surface area contributed by atoms with Crippen molar-refractivity contribution in [1.82, 2.24) is 10.2 Å². The van der Waals surface area contributed by atoms with Crippen LogP contribution in [0.1, 0.15) is 26.2 Å². The second-order valence-corrected chi connectivity index (χ2v) is 4.82. The van der Waals surface area contributed by atoms with Gasteiger partial charge in [-0.1, -0.05) is 0 Å². The van der Waals surface area contributed by atoms with Crippen molar-refractivity contribution < 1.29 is 14.6 Å². The first-order valence-electron chi connectivity index (χ1n) is 6.04. The normalized spacial score (nSPS) is 14.9. The third kappa shape index (κ3) is 7.31. The molecule has 5 nitrogen and oxygen atoms in total. The van der Waals surface area contributed by atoms with Crippen LogP contribution in [0.15, 0.2) is 0 Å². The van der Waals surface area contributed by atoms with Crippen molar-refractivity contribution in [3.8, 4) is 0 Å². The Kier molecular flexibility index (Phi) is 8.12. The van der Waals surface area contributed by atoms with Gasteiger partial charge in [0.05, 0.1) is 0 Å². The Balaban J connectivity index is 3.88. The number of carbonyl (C=O) groups is 1. The van der Waals surface area contributed by atoms with Gasteiger partial charge in [-0.15, -0.1) is 0 Å². The smallest absolute Gasteiger partial charge is 0.323 e. The first-order valence-corrected chi connectivity index (χ1v) is 6.04. The monoisotopic (exact) mass is 246 g/mol. The van der Waals surface area contributed by atoms with Crippen LogP contribution < -0.4 is 5.32 Å². The molecule has 0 radical (unpaired) electrons. The highest BCUT2D eigenvalue weighted by Gasteiger charge is 2.31. The number of aliphatic carboxylic acids is 1.